The van der Waals surface area contributed by atoms with Crippen molar-refractivity contribution < 1.29 is 0 Å². The summed E-state index contributed by atoms with van der Waals surface area (Å²) in [7, 11) is 0. The maximum Gasteiger partial charge on any atom is 0.175 e. The van der Waals surface area contributed by atoms with E-state index < -0.39 is 0 Å². The van der Waals surface area contributed by atoms with Crippen molar-refractivity contribution in [2.24, 2.45) is 0 Å². The first-order valence-electron chi connectivity index (χ1n) is 9.06. The Kier molecular flexibility index (Phi) is 3.90. The molecule has 5 rings (SSSR count). The van der Waals surface area contributed by atoms with Crippen molar-refractivity contribution in [1.29, 1.82) is 0 Å². The molecule has 0 N–H and O–H groups in total. The van der Waals surface area contributed by atoms with Crippen molar-refractivity contribution >= 4 is 22.4 Å². The number of rotatable bonds is 3. The summed E-state index contributed by atoms with van der Waals surface area (Å²) in [5, 5.41) is 15.3. The van der Waals surface area contributed by atoms with Crippen LogP contribution in [0.3, 0.4) is 0 Å². The van der Waals surface area contributed by atoms with Gasteiger partial charge in [0.25, 0.3) is 0 Å². The second kappa shape index (κ2) is 6.68. The van der Waals surface area contributed by atoms with Crippen LogP contribution in [-0.2, 0) is 0 Å². The quantitative estimate of drug-likeness (QED) is 0.561. The van der Waals surface area contributed by atoms with Crippen LogP contribution in [0.25, 0.3) is 16.6 Å². The van der Waals surface area contributed by atoms with Crippen LogP contribution in [0.4, 0.5) is 11.6 Å². The molecule has 0 amide bonds. The second-order valence-electron chi connectivity index (χ2n) is 6.53. The number of aromatic nitrogens is 5. The van der Waals surface area contributed by atoms with E-state index in [0.717, 1.165) is 43.6 Å². The molecule has 0 unspecified atom stereocenters. The number of fused-ring (bicyclic) bond motifs is 1. The summed E-state index contributed by atoms with van der Waals surface area (Å²) in [6.07, 6.45) is 5.49. The molecule has 7 nitrogen and oxygen atoms in total. The Labute approximate surface area is 156 Å². The maximum absolute atomic E-state index is 4.64. The van der Waals surface area contributed by atoms with E-state index in [-0.39, 0.29) is 0 Å². The molecule has 27 heavy (non-hydrogen) atoms. The van der Waals surface area contributed by atoms with E-state index in [4.69, 9.17) is 0 Å². The Balaban J connectivity index is 1.31. The number of hydrogen-bond donors (Lipinski definition) is 0. The highest BCUT2D eigenvalue weighted by Gasteiger charge is 2.20. The number of piperazine rings is 1. The van der Waals surface area contributed by atoms with Gasteiger partial charge in [0.1, 0.15) is 5.82 Å². The Morgan fingerprint density at radius 1 is 0.704 bits per heavy atom. The van der Waals surface area contributed by atoms with E-state index in [1.807, 2.05) is 30.6 Å². The molecule has 0 aliphatic carbocycles. The standard InChI is InChI=1S/C20H19N7/c1-2-5-17-16(4-1)8-10-21-20(17)26-14-12-25(13-15-26)18-6-7-19(24-23-18)27-11-3-9-22-27/h1-11H,12-15H2. The van der Waals surface area contributed by atoms with Gasteiger partial charge in [-0.2, -0.15) is 5.10 Å². The summed E-state index contributed by atoms with van der Waals surface area (Å²) >= 11 is 0. The summed E-state index contributed by atoms with van der Waals surface area (Å²) in [4.78, 5) is 9.26. The van der Waals surface area contributed by atoms with Crippen LogP contribution in [-0.4, -0.2) is 51.1 Å². The third kappa shape index (κ3) is 2.97. The van der Waals surface area contributed by atoms with Gasteiger partial charge in [0.05, 0.1) is 0 Å². The lowest BCUT2D eigenvalue weighted by Crippen LogP contribution is -2.47. The van der Waals surface area contributed by atoms with Crippen LogP contribution >= 0.6 is 0 Å². The molecule has 7 heteroatoms. The highest BCUT2D eigenvalue weighted by Crippen LogP contribution is 2.25. The highest BCUT2D eigenvalue weighted by molar-refractivity contribution is 5.92. The minimum atomic E-state index is 0.724. The van der Waals surface area contributed by atoms with Gasteiger partial charge in [-0.15, -0.1) is 10.2 Å². The fourth-order valence-electron chi connectivity index (χ4n) is 3.52. The molecular weight excluding hydrogens is 338 g/mol. The zero-order valence-electron chi connectivity index (χ0n) is 14.8. The van der Waals surface area contributed by atoms with E-state index in [2.05, 4.69) is 60.4 Å². The Morgan fingerprint density at radius 2 is 1.48 bits per heavy atom. The number of hydrogen-bond acceptors (Lipinski definition) is 6. The summed E-state index contributed by atoms with van der Waals surface area (Å²) in [5.41, 5.74) is 0. The first-order chi connectivity index (χ1) is 13.4. The monoisotopic (exact) mass is 357 g/mol. The molecule has 3 aromatic heterocycles. The van der Waals surface area contributed by atoms with Gasteiger partial charge in [0, 0.05) is 50.2 Å². The third-order valence-electron chi connectivity index (χ3n) is 4.93. The van der Waals surface area contributed by atoms with Crippen molar-refractivity contribution in [1.82, 2.24) is 25.0 Å². The molecule has 0 spiro atoms. The van der Waals surface area contributed by atoms with Gasteiger partial charge in [-0.05, 0) is 29.7 Å². The second-order valence-corrected chi connectivity index (χ2v) is 6.53. The topological polar surface area (TPSA) is 63.0 Å². The summed E-state index contributed by atoms with van der Waals surface area (Å²) in [6.45, 7) is 3.59. The van der Waals surface area contributed by atoms with Gasteiger partial charge in [0.2, 0.25) is 0 Å². The van der Waals surface area contributed by atoms with Crippen molar-refractivity contribution in [2.75, 3.05) is 36.0 Å². The van der Waals surface area contributed by atoms with Crippen molar-refractivity contribution in [3.8, 4) is 5.82 Å². The van der Waals surface area contributed by atoms with Crippen LogP contribution < -0.4 is 9.80 Å². The molecule has 1 aliphatic heterocycles. The first kappa shape index (κ1) is 15.7. The largest absolute Gasteiger partial charge is 0.353 e. The minimum Gasteiger partial charge on any atom is -0.353 e. The third-order valence-corrected chi connectivity index (χ3v) is 4.93. The minimum absolute atomic E-state index is 0.724. The zero-order chi connectivity index (χ0) is 18.1. The number of benzene rings is 1. The molecule has 4 aromatic rings. The Hall–Kier alpha value is -3.48. The maximum atomic E-state index is 4.64. The first-order valence-corrected chi connectivity index (χ1v) is 9.06. The van der Waals surface area contributed by atoms with Crippen molar-refractivity contribution in [3.63, 3.8) is 0 Å². The Morgan fingerprint density at radius 3 is 2.26 bits per heavy atom. The molecule has 0 radical (unpaired) electrons. The predicted molar refractivity (Wildman–Crippen MR) is 105 cm³/mol. The fraction of sp³-hybridized carbons (Fsp3) is 0.200. The summed E-state index contributed by atoms with van der Waals surface area (Å²) < 4.78 is 1.71. The average Bonchev–Trinajstić information content (AvgIpc) is 3.29. The smallest absolute Gasteiger partial charge is 0.175 e. The van der Waals surface area contributed by atoms with Gasteiger partial charge < -0.3 is 9.80 Å². The van der Waals surface area contributed by atoms with Crippen LogP contribution in [0.2, 0.25) is 0 Å². The van der Waals surface area contributed by atoms with Crippen molar-refractivity contribution in [3.05, 3.63) is 67.1 Å². The summed E-state index contributed by atoms with van der Waals surface area (Å²) in [5.74, 6) is 2.69. The number of nitrogens with zero attached hydrogens (tertiary/aromatic N) is 7. The zero-order valence-corrected chi connectivity index (χ0v) is 14.8. The molecule has 4 heterocycles. The fourth-order valence-corrected chi connectivity index (χ4v) is 3.52. The molecule has 1 fully saturated rings. The molecule has 0 saturated carbocycles. The van der Waals surface area contributed by atoms with Gasteiger partial charge in [0.15, 0.2) is 11.6 Å². The molecule has 134 valence electrons. The van der Waals surface area contributed by atoms with E-state index in [1.165, 1.54) is 10.8 Å². The predicted octanol–water partition coefficient (Wildman–Crippen LogP) is 2.54. The highest BCUT2D eigenvalue weighted by atomic mass is 15.4. The molecule has 1 aromatic carbocycles. The van der Waals surface area contributed by atoms with Crippen LogP contribution in [0.1, 0.15) is 0 Å². The van der Waals surface area contributed by atoms with E-state index >= 15 is 0 Å². The van der Waals surface area contributed by atoms with Gasteiger partial charge in [-0.1, -0.05) is 24.3 Å². The lowest BCUT2D eigenvalue weighted by Gasteiger charge is -2.36. The molecule has 1 aliphatic rings. The lowest BCUT2D eigenvalue weighted by molar-refractivity contribution is 0.638. The van der Waals surface area contributed by atoms with E-state index in [0.29, 0.717) is 0 Å². The average molecular weight is 357 g/mol. The molecule has 0 bridgehead atoms. The van der Waals surface area contributed by atoms with Crippen molar-refractivity contribution in [2.45, 2.75) is 0 Å². The van der Waals surface area contributed by atoms with E-state index in [1.54, 1.807) is 10.9 Å². The molecular formula is C20H19N7. The summed E-state index contributed by atoms with van der Waals surface area (Å²) in [6, 6.07) is 16.3. The van der Waals surface area contributed by atoms with Gasteiger partial charge in [-0.25, -0.2) is 9.67 Å². The van der Waals surface area contributed by atoms with E-state index in [9.17, 15) is 0 Å². The Bertz CT molecular complexity index is 1030. The van der Waals surface area contributed by atoms with Crippen LogP contribution in [0.15, 0.2) is 67.1 Å². The SMILES string of the molecule is c1ccc2c(N3CCN(c4ccc(-n5cccn5)nn4)CC3)nccc2c1. The molecule has 1 saturated heterocycles. The molecule has 0 atom stereocenters. The van der Waals surface area contributed by atoms with Crippen LogP contribution in [0, 0.1) is 0 Å². The number of pyridine rings is 1. The lowest BCUT2D eigenvalue weighted by atomic mass is 10.1. The van der Waals surface area contributed by atoms with Crippen LogP contribution in [0.5, 0.6) is 0 Å². The van der Waals surface area contributed by atoms with Gasteiger partial charge >= 0.3 is 0 Å². The number of anilines is 2. The van der Waals surface area contributed by atoms with Gasteiger partial charge in [-0.3, -0.25) is 0 Å². The normalized spacial score (nSPS) is 14.7.